The van der Waals surface area contributed by atoms with Gasteiger partial charge in [0.15, 0.2) is 0 Å². The van der Waals surface area contributed by atoms with Gasteiger partial charge in [-0.2, -0.15) is 0 Å². The molecule has 1 aliphatic carbocycles. The summed E-state index contributed by atoms with van der Waals surface area (Å²) in [6.45, 7) is 12.7. The fraction of sp³-hybridized carbons (Fsp3) is 1.00. The van der Waals surface area contributed by atoms with Gasteiger partial charge in [-0.15, -0.1) is 0 Å². The van der Waals surface area contributed by atoms with Crippen LogP contribution >= 0.6 is 0 Å². The van der Waals surface area contributed by atoms with Crippen molar-refractivity contribution >= 4 is 0 Å². The minimum absolute atomic E-state index is 0.0728. The molecule has 16 heavy (non-hydrogen) atoms. The van der Waals surface area contributed by atoms with Gasteiger partial charge in [-0.3, -0.25) is 0 Å². The number of aliphatic hydroxyl groups excluding tert-OH is 1. The van der Waals surface area contributed by atoms with Gasteiger partial charge in [0.25, 0.3) is 0 Å². The molecule has 0 heterocycles. The van der Waals surface area contributed by atoms with Crippen LogP contribution in [0.1, 0.15) is 60.8 Å². The van der Waals surface area contributed by atoms with Crippen LogP contribution in [0.2, 0.25) is 0 Å². The summed E-state index contributed by atoms with van der Waals surface area (Å²) < 4.78 is 0. The Balaban J connectivity index is 3.12. The maximum absolute atomic E-state index is 10.4. The SMILES string of the molecule is CC1(C)CC(C)(C)CC(CO)(C(C)(C)O)C1. The van der Waals surface area contributed by atoms with Crippen LogP contribution in [0.3, 0.4) is 0 Å². The third-order valence-corrected chi connectivity index (χ3v) is 4.19. The molecule has 2 nitrogen and oxygen atoms in total. The van der Waals surface area contributed by atoms with Crippen molar-refractivity contribution in [3.8, 4) is 0 Å². The van der Waals surface area contributed by atoms with E-state index in [9.17, 15) is 10.2 Å². The van der Waals surface area contributed by atoms with Crippen LogP contribution < -0.4 is 0 Å². The van der Waals surface area contributed by atoms with Gasteiger partial charge in [0.2, 0.25) is 0 Å². The molecular weight excluding hydrogens is 200 g/mol. The van der Waals surface area contributed by atoms with Crippen molar-refractivity contribution in [2.75, 3.05) is 6.61 Å². The highest BCUT2D eigenvalue weighted by atomic mass is 16.3. The molecule has 96 valence electrons. The molecule has 0 spiro atoms. The Morgan fingerprint density at radius 1 is 0.938 bits per heavy atom. The van der Waals surface area contributed by atoms with Gasteiger partial charge >= 0.3 is 0 Å². The van der Waals surface area contributed by atoms with Crippen LogP contribution in [0.25, 0.3) is 0 Å². The van der Waals surface area contributed by atoms with E-state index in [2.05, 4.69) is 27.7 Å². The third kappa shape index (κ3) is 2.60. The van der Waals surface area contributed by atoms with Gasteiger partial charge in [0, 0.05) is 5.41 Å². The number of hydrogen-bond acceptors (Lipinski definition) is 2. The van der Waals surface area contributed by atoms with Gasteiger partial charge in [0.1, 0.15) is 0 Å². The van der Waals surface area contributed by atoms with Crippen LogP contribution in [-0.4, -0.2) is 22.4 Å². The zero-order valence-corrected chi connectivity index (χ0v) is 11.7. The fourth-order valence-electron chi connectivity index (χ4n) is 4.05. The van der Waals surface area contributed by atoms with Crippen LogP contribution in [0.4, 0.5) is 0 Å². The van der Waals surface area contributed by atoms with Crippen molar-refractivity contribution in [2.45, 2.75) is 66.4 Å². The molecule has 0 aliphatic heterocycles. The average Bonchev–Trinajstić information content (AvgIpc) is 1.95. The van der Waals surface area contributed by atoms with Crippen molar-refractivity contribution in [1.29, 1.82) is 0 Å². The monoisotopic (exact) mass is 228 g/mol. The summed E-state index contributed by atoms with van der Waals surface area (Å²) in [6, 6.07) is 0. The summed E-state index contributed by atoms with van der Waals surface area (Å²) >= 11 is 0. The lowest BCUT2D eigenvalue weighted by atomic mass is 9.51. The normalized spacial score (nSPS) is 27.8. The molecule has 0 aromatic heterocycles. The number of aliphatic hydroxyl groups is 2. The molecule has 1 saturated carbocycles. The van der Waals surface area contributed by atoms with E-state index in [1.54, 1.807) is 0 Å². The lowest BCUT2D eigenvalue weighted by molar-refractivity contribution is -0.153. The zero-order valence-electron chi connectivity index (χ0n) is 11.7. The summed E-state index contributed by atoms with van der Waals surface area (Å²) in [4.78, 5) is 0. The second-order valence-electron chi connectivity index (χ2n) is 7.86. The summed E-state index contributed by atoms with van der Waals surface area (Å²) in [5.41, 5.74) is -0.816. The van der Waals surface area contributed by atoms with E-state index < -0.39 is 5.60 Å². The molecule has 0 saturated heterocycles. The first kappa shape index (κ1) is 14.0. The Hall–Kier alpha value is -0.0800. The zero-order chi connectivity index (χ0) is 12.8. The molecule has 2 heteroatoms. The average molecular weight is 228 g/mol. The molecule has 1 fully saturated rings. The van der Waals surface area contributed by atoms with E-state index >= 15 is 0 Å². The molecule has 0 amide bonds. The summed E-state index contributed by atoms with van der Waals surface area (Å²) in [6.07, 6.45) is 2.94. The lowest BCUT2D eigenvalue weighted by Crippen LogP contribution is -2.54. The Kier molecular flexibility index (Phi) is 3.24. The molecule has 0 bridgehead atoms. The fourth-order valence-corrected chi connectivity index (χ4v) is 4.05. The van der Waals surface area contributed by atoms with Crippen molar-refractivity contribution in [1.82, 2.24) is 0 Å². The van der Waals surface area contributed by atoms with Crippen molar-refractivity contribution in [3.63, 3.8) is 0 Å². The maximum atomic E-state index is 10.4. The number of rotatable bonds is 2. The predicted molar refractivity (Wildman–Crippen MR) is 67.2 cm³/mol. The summed E-state index contributed by atoms with van der Waals surface area (Å²) in [7, 11) is 0. The second kappa shape index (κ2) is 3.71. The smallest absolute Gasteiger partial charge is 0.0670 e. The highest BCUT2D eigenvalue weighted by Gasteiger charge is 2.53. The predicted octanol–water partition coefficient (Wildman–Crippen LogP) is 2.97. The first-order valence-electron chi connectivity index (χ1n) is 6.26. The molecule has 1 rings (SSSR count). The van der Waals surface area contributed by atoms with Crippen LogP contribution in [0.5, 0.6) is 0 Å². The molecule has 1 aliphatic rings. The molecule has 0 unspecified atom stereocenters. The van der Waals surface area contributed by atoms with Crippen molar-refractivity contribution in [3.05, 3.63) is 0 Å². The summed E-state index contributed by atoms with van der Waals surface area (Å²) in [5.74, 6) is 0. The molecule has 0 aromatic carbocycles. The van der Waals surface area contributed by atoms with E-state index in [0.717, 1.165) is 19.3 Å². The molecule has 0 aromatic rings. The van der Waals surface area contributed by atoms with E-state index in [1.807, 2.05) is 13.8 Å². The standard InChI is InChI=1S/C14H28O2/c1-11(2)7-12(3,4)9-14(8-11,10-15)13(5,6)16/h15-16H,7-10H2,1-6H3. The van der Waals surface area contributed by atoms with Gasteiger partial charge in [0.05, 0.1) is 12.2 Å². The van der Waals surface area contributed by atoms with Crippen LogP contribution in [0.15, 0.2) is 0 Å². The Labute approximate surface area is 100 Å². The van der Waals surface area contributed by atoms with Gasteiger partial charge in [-0.05, 0) is 43.9 Å². The minimum Gasteiger partial charge on any atom is -0.396 e. The van der Waals surface area contributed by atoms with Gasteiger partial charge in [-0.1, -0.05) is 27.7 Å². The van der Waals surface area contributed by atoms with E-state index in [0.29, 0.717) is 0 Å². The molecule has 0 radical (unpaired) electrons. The van der Waals surface area contributed by atoms with Crippen LogP contribution in [-0.2, 0) is 0 Å². The maximum Gasteiger partial charge on any atom is 0.0670 e. The van der Waals surface area contributed by atoms with Crippen molar-refractivity contribution in [2.24, 2.45) is 16.2 Å². The minimum atomic E-state index is -0.823. The van der Waals surface area contributed by atoms with E-state index in [-0.39, 0.29) is 22.9 Å². The highest BCUT2D eigenvalue weighted by molar-refractivity contribution is 5.03. The van der Waals surface area contributed by atoms with Crippen LogP contribution in [0, 0.1) is 16.2 Å². The topological polar surface area (TPSA) is 40.5 Å². The Bertz CT molecular complexity index is 242. The largest absolute Gasteiger partial charge is 0.396 e. The first-order chi connectivity index (χ1) is 6.93. The van der Waals surface area contributed by atoms with E-state index in [1.165, 1.54) is 0 Å². The summed E-state index contributed by atoms with van der Waals surface area (Å²) in [5, 5.41) is 20.2. The quantitative estimate of drug-likeness (QED) is 0.763. The van der Waals surface area contributed by atoms with Crippen molar-refractivity contribution < 1.29 is 10.2 Å². The first-order valence-corrected chi connectivity index (χ1v) is 6.26. The second-order valence-corrected chi connectivity index (χ2v) is 7.86. The Morgan fingerprint density at radius 2 is 1.31 bits per heavy atom. The van der Waals surface area contributed by atoms with E-state index in [4.69, 9.17) is 0 Å². The van der Waals surface area contributed by atoms with Gasteiger partial charge in [-0.25, -0.2) is 0 Å². The highest BCUT2D eigenvalue weighted by Crippen LogP contribution is 2.57. The lowest BCUT2D eigenvalue weighted by Gasteiger charge is -2.56. The molecular formula is C14H28O2. The van der Waals surface area contributed by atoms with Gasteiger partial charge < -0.3 is 10.2 Å². The Morgan fingerprint density at radius 3 is 1.56 bits per heavy atom. The number of hydrogen-bond donors (Lipinski definition) is 2. The third-order valence-electron chi connectivity index (χ3n) is 4.19. The molecule has 0 atom stereocenters. The molecule has 2 N–H and O–H groups in total.